The number of fused-ring (bicyclic) bond motifs is 1. The lowest BCUT2D eigenvalue weighted by atomic mass is 9.99. The van der Waals surface area contributed by atoms with Gasteiger partial charge in [-0.05, 0) is 54.2 Å². The zero-order valence-electron chi connectivity index (χ0n) is 22.7. The number of rotatable bonds is 6. The van der Waals surface area contributed by atoms with Crippen LogP contribution in [-0.2, 0) is 36.2 Å². The molecule has 220 valence electrons. The van der Waals surface area contributed by atoms with Crippen molar-refractivity contribution >= 4 is 16.0 Å². The van der Waals surface area contributed by atoms with Crippen LogP contribution in [0.3, 0.4) is 0 Å². The number of carbonyl (C=O) groups is 1. The molecule has 0 saturated heterocycles. The number of alkyl halides is 3. The quantitative estimate of drug-likeness (QED) is 0.349. The van der Waals surface area contributed by atoms with Crippen LogP contribution in [0, 0.1) is 5.92 Å². The molecule has 1 aliphatic carbocycles. The van der Waals surface area contributed by atoms with Gasteiger partial charge in [0.2, 0.25) is 10.0 Å². The summed E-state index contributed by atoms with van der Waals surface area (Å²) in [5.74, 6) is -1.41. The minimum atomic E-state index is -4.68. The number of carboxylic acid groups (broad SMARTS) is 1. The number of hydrogen-bond donors (Lipinski definition) is 1. The molecule has 0 unspecified atom stereocenters. The van der Waals surface area contributed by atoms with E-state index >= 15 is 0 Å². The van der Waals surface area contributed by atoms with Crippen molar-refractivity contribution in [2.45, 2.75) is 49.2 Å². The van der Waals surface area contributed by atoms with Gasteiger partial charge in [0.05, 0.1) is 33.7 Å². The molecule has 6 rings (SSSR count). The van der Waals surface area contributed by atoms with Gasteiger partial charge in [-0.25, -0.2) is 17.9 Å². The van der Waals surface area contributed by atoms with Gasteiger partial charge in [0, 0.05) is 38.2 Å². The molecular formula is C28H27F3N6O4S. The van der Waals surface area contributed by atoms with E-state index in [9.17, 15) is 31.5 Å². The molecule has 10 nitrogen and oxygen atoms in total. The highest BCUT2D eigenvalue weighted by molar-refractivity contribution is 7.89. The van der Waals surface area contributed by atoms with Crippen molar-refractivity contribution in [3.8, 4) is 5.69 Å². The average Bonchev–Trinajstić information content (AvgIpc) is 3.39. The first-order valence-electron chi connectivity index (χ1n) is 13.3. The van der Waals surface area contributed by atoms with Crippen LogP contribution in [0.5, 0.6) is 0 Å². The van der Waals surface area contributed by atoms with E-state index in [1.165, 1.54) is 16.6 Å². The fourth-order valence-electron chi connectivity index (χ4n) is 5.75. The van der Waals surface area contributed by atoms with Gasteiger partial charge in [0.15, 0.2) is 0 Å². The van der Waals surface area contributed by atoms with Crippen molar-refractivity contribution in [1.82, 2.24) is 29.1 Å². The van der Waals surface area contributed by atoms with Crippen molar-refractivity contribution in [1.29, 1.82) is 0 Å². The topological polar surface area (TPSA) is 123 Å². The van der Waals surface area contributed by atoms with Gasteiger partial charge in [-0.2, -0.15) is 22.6 Å². The lowest BCUT2D eigenvalue weighted by Gasteiger charge is -2.23. The van der Waals surface area contributed by atoms with Crippen LogP contribution in [0.4, 0.5) is 13.2 Å². The number of aromatic nitrogens is 5. The third-order valence-electron chi connectivity index (χ3n) is 7.79. The summed E-state index contributed by atoms with van der Waals surface area (Å²) in [6.45, 7) is 1.91. The molecule has 2 aromatic heterocycles. The first-order valence-corrected chi connectivity index (χ1v) is 14.7. The zero-order chi connectivity index (χ0) is 30.0. The fraction of sp³-hybridized carbons (Fsp3) is 0.357. The van der Waals surface area contributed by atoms with Crippen molar-refractivity contribution in [2.24, 2.45) is 13.0 Å². The van der Waals surface area contributed by atoms with Crippen LogP contribution in [0.1, 0.15) is 63.6 Å². The van der Waals surface area contributed by atoms with Crippen molar-refractivity contribution in [3.05, 3.63) is 88.5 Å². The Bertz CT molecular complexity index is 1800. The lowest BCUT2D eigenvalue weighted by molar-refractivity contribution is -0.137. The van der Waals surface area contributed by atoms with Gasteiger partial charge >= 0.3 is 12.1 Å². The number of benzene rings is 2. The molecule has 2 aromatic carbocycles. The molecule has 0 radical (unpaired) electrons. The Morgan fingerprint density at radius 1 is 1.14 bits per heavy atom. The molecule has 4 aromatic rings. The van der Waals surface area contributed by atoms with Gasteiger partial charge in [0.25, 0.3) is 0 Å². The molecule has 3 atom stereocenters. The standard InChI is InChI=1S/C28H27F3N6O4S/c1-16-8-18-6-7-19(28(29,30)31)10-25(18)42(40,41)36(13-16)14-17-4-3-5-20(9-17)37-26(23(12-32-37)27(38)39)22-11-21(22)24-15-35(2)34-33-24/h3-7,9-10,12,15-16,21-22H,8,11,13-14H2,1-2H3,(H,38,39)/t16-,21+,22+/m0/s1. The second-order valence-electron chi connectivity index (χ2n) is 11.0. The summed E-state index contributed by atoms with van der Waals surface area (Å²) in [6, 6.07) is 9.80. The summed E-state index contributed by atoms with van der Waals surface area (Å²) in [5.41, 5.74) is 1.81. The smallest absolute Gasteiger partial charge is 0.416 e. The van der Waals surface area contributed by atoms with Crippen molar-refractivity contribution in [2.75, 3.05) is 6.54 Å². The second-order valence-corrected chi connectivity index (χ2v) is 12.9. The molecule has 1 saturated carbocycles. The number of aromatic carboxylic acids is 1. The minimum absolute atomic E-state index is 0.0131. The number of carboxylic acids is 1. The van der Waals surface area contributed by atoms with E-state index in [4.69, 9.17) is 0 Å². The van der Waals surface area contributed by atoms with Gasteiger partial charge in [-0.1, -0.05) is 30.3 Å². The van der Waals surface area contributed by atoms with Crippen LogP contribution in [0.2, 0.25) is 0 Å². The number of nitrogens with zero attached hydrogens (tertiary/aromatic N) is 6. The maximum absolute atomic E-state index is 13.7. The van der Waals surface area contributed by atoms with E-state index in [-0.39, 0.29) is 41.3 Å². The highest BCUT2D eigenvalue weighted by atomic mass is 32.2. The van der Waals surface area contributed by atoms with E-state index in [0.29, 0.717) is 35.3 Å². The van der Waals surface area contributed by atoms with Crippen LogP contribution < -0.4 is 0 Å². The Labute approximate surface area is 239 Å². The third kappa shape index (κ3) is 5.09. The number of sulfonamides is 1. The second kappa shape index (κ2) is 10.1. The minimum Gasteiger partial charge on any atom is -0.478 e. The van der Waals surface area contributed by atoms with E-state index in [1.54, 1.807) is 46.9 Å². The van der Waals surface area contributed by atoms with Crippen LogP contribution in [0.25, 0.3) is 5.69 Å². The molecular weight excluding hydrogens is 573 g/mol. The van der Waals surface area contributed by atoms with E-state index in [0.717, 1.165) is 17.8 Å². The molecule has 1 aliphatic heterocycles. The molecule has 0 spiro atoms. The first-order chi connectivity index (χ1) is 19.8. The Kier molecular flexibility index (Phi) is 6.72. The molecule has 14 heteroatoms. The molecule has 1 N–H and O–H groups in total. The van der Waals surface area contributed by atoms with E-state index in [1.807, 2.05) is 6.92 Å². The molecule has 2 aliphatic rings. The SMILES string of the molecule is C[C@H]1Cc2ccc(C(F)(F)F)cc2S(=O)(=O)N(Cc2cccc(-n3ncc(C(=O)O)c3[C@@H]3C[C@H]3c3cn(C)nn3)c2)C1. The fourth-order valence-corrected chi connectivity index (χ4v) is 7.56. The van der Waals surface area contributed by atoms with Gasteiger partial charge in [0.1, 0.15) is 5.56 Å². The number of hydrogen-bond acceptors (Lipinski definition) is 6. The predicted molar refractivity (Wildman–Crippen MR) is 144 cm³/mol. The molecule has 0 bridgehead atoms. The molecule has 1 fully saturated rings. The molecule has 42 heavy (non-hydrogen) atoms. The average molecular weight is 601 g/mol. The van der Waals surface area contributed by atoms with Crippen LogP contribution in [0.15, 0.2) is 59.8 Å². The summed E-state index contributed by atoms with van der Waals surface area (Å²) >= 11 is 0. The largest absolute Gasteiger partial charge is 0.478 e. The maximum Gasteiger partial charge on any atom is 0.416 e. The Balaban J connectivity index is 1.33. The molecule has 3 heterocycles. The van der Waals surface area contributed by atoms with Crippen molar-refractivity contribution in [3.63, 3.8) is 0 Å². The summed E-state index contributed by atoms with van der Waals surface area (Å²) in [6.07, 6.45) is -0.581. The van der Waals surface area contributed by atoms with Crippen molar-refractivity contribution < 1.29 is 31.5 Å². The van der Waals surface area contributed by atoms with E-state index in [2.05, 4.69) is 15.4 Å². The van der Waals surface area contributed by atoms with Gasteiger partial charge in [-0.15, -0.1) is 5.10 Å². The summed E-state index contributed by atoms with van der Waals surface area (Å²) in [5, 5.41) is 22.4. The Morgan fingerprint density at radius 2 is 1.93 bits per heavy atom. The van der Waals surface area contributed by atoms with Crippen LogP contribution in [-0.4, -0.2) is 55.1 Å². The highest BCUT2D eigenvalue weighted by Crippen LogP contribution is 2.55. The summed E-state index contributed by atoms with van der Waals surface area (Å²) in [7, 11) is -2.49. The Morgan fingerprint density at radius 3 is 2.62 bits per heavy atom. The van der Waals surface area contributed by atoms with Crippen LogP contribution >= 0.6 is 0 Å². The lowest BCUT2D eigenvalue weighted by Crippen LogP contribution is -2.33. The molecule has 0 amide bonds. The van der Waals surface area contributed by atoms with Gasteiger partial charge in [-0.3, -0.25) is 4.68 Å². The Hall–Kier alpha value is -4.04. The van der Waals surface area contributed by atoms with Gasteiger partial charge < -0.3 is 5.11 Å². The first kappa shape index (κ1) is 28.1. The van der Waals surface area contributed by atoms with E-state index < -0.39 is 27.7 Å². The highest BCUT2D eigenvalue weighted by Gasteiger charge is 2.46. The normalized spacial score (nSPS) is 22.0. The summed E-state index contributed by atoms with van der Waals surface area (Å²) in [4.78, 5) is 11.7. The maximum atomic E-state index is 13.7. The summed E-state index contributed by atoms with van der Waals surface area (Å²) < 4.78 is 72.0. The zero-order valence-corrected chi connectivity index (χ0v) is 23.5. The monoisotopic (exact) mass is 600 g/mol. The predicted octanol–water partition coefficient (Wildman–Crippen LogP) is 4.37. The third-order valence-corrected chi connectivity index (χ3v) is 9.68. The number of halogens is 3. The number of aryl methyl sites for hydroxylation is 1.